The van der Waals surface area contributed by atoms with Crippen molar-refractivity contribution in [3.05, 3.63) is 11.3 Å². The molecule has 1 aliphatic rings. The van der Waals surface area contributed by atoms with E-state index in [-0.39, 0.29) is 18.6 Å². The van der Waals surface area contributed by atoms with E-state index >= 15 is 0 Å². The van der Waals surface area contributed by atoms with Crippen molar-refractivity contribution in [1.29, 1.82) is 0 Å². The molecule has 0 heterocycles. The Morgan fingerprint density at radius 1 is 1.40 bits per heavy atom. The minimum Gasteiger partial charge on any atom is -0.511 e. The van der Waals surface area contributed by atoms with Crippen molar-refractivity contribution in [2.75, 3.05) is 0 Å². The highest BCUT2D eigenvalue weighted by Gasteiger charge is 2.27. The van der Waals surface area contributed by atoms with Crippen molar-refractivity contribution in [2.45, 2.75) is 12.8 Å². The van der Waals surface area contributed by atoms with Gasteiger partial charge in [-0.3, -0.25) is 4.79 Å². The first kappa shape index (κ1) is 6.80. The third-order valence-electron chi connectivity index (χ3n) is 1.37. The summed E-state index contributed by atoms with van der Waals surface area (Å²) in [4.78, 5) is 20.8. The van der Waals surface area contributed by atoms with Crippen LogP contribution in [0.1, 0.15) is 12.8 Å². The van der Waals surface area contributed by atoms with Crippen LogP contribution in [0.15, 0.2) is 11.3 Å². The molecule has 1 rings (SSSR count). The summed E-state index contributed by atoms with van der Waals surface area (Å²) in [6, 6.07) is 0. The Hall–Kier alpha value is -1.32. The number of carboxylic acid groups (broad SMARTS) is 1. The molecule has 0 saturated carbocycles. The van der Waals surface area contributed by atoms with E-state index in [9.17, 15) is 9.59 Å². The van der Waals surface area contributed by atoms with Gasteiger partial charge in [-0.2, -0.15) is 0 Å². The largest absolute Gasteiger partial charge is 0.511 e. The van der Waals surface area contributed by atoms with E-state index in [1.807, 2.05) is 0 Å². The average Bonchev–Trinajstić information content (AvgIpc) is 2.11. The van der Waals surface area contributed by atoms with Crippen molar-refractivity contribution < 1.29 is 19.8 Å². The van der Waals surface area contributed by atoms with E-state index in [1.54, 1.807) is 0 Å². The summed E-state index contributed by atoms with van der Waals surface area (Å²) in [5, 5.41) is 17.1. The van der Waals surface area contributed by atoms with Crippen LogP contribution in [0.5, 0.6) is 0 Å². The standard InChI is InChI=1S/C6H6O4/c7-3-1-2-4(8)5(3)6(9)10/h7H,1-2H2,(H,9,10). The highest BCUT2D eigenvalue weighted by atomic mass is 16.4. The highest BCUT2D eigenvalue weighted by molar-refractivity contribution is 6.18. The number of rotatable bonds is 1. The summed E-state index contributed by atoms with van der Waals surface area (Å²) < 4.78 is 0. The normalized spacial score (nSPS) is 18.2. The van der Waals surface area contributed by atoms with Crippen LogP contribution < -0.4 is 0 Å². The van der Waals surface area contributed by atoms with Crippen molar-refractivity contribution in [3.8, 4) is 0 Å². The smallest absolute Gasteiger partial charge is 0.342 e. The average molecular weight is 142 g/mol. The summed E-state index contributed by atoms with van der Waals surface area (Å²) in [6.45, 7) is 0. The number of carbonyl (C=O) groups is 2. The molecule has 0 fully saturated rings. The first-order chi connectivity index (χ1) is 4.63. The van der Waals surface area contributed by atoms with Crippen LogP contribution >= 0.6 is 0 Å². The maximum Gasteiger partial charge on any atom is 0.342 e. The number of ketones is 1. The van der Waals surface area contributed by atoms with Crippen LogP contribution in [-0.4, -0.2) is 22.0 Å². The Morgan fingerprint density at radius 3 is 2.20 bits per heavy atom. The van der Waals surface area contributed by atoms with E-state index in [1.165, 1.54) is 0 Å². The highest BCUT2D eigenvalue weighted by Crippen LogP contribution is 2.19. The number of aliphatic hydroxyl groups excluding tert-OH is 1. The molecule has 0 spiro atoms. The number of allylic oxidation sites excluding steroid dienone is 1. The van der Waals surface area contributed by atoms with Gasteiger partial charge in [0.1, 0.15) is 11.3 Å². The van der Waals surface area contributed by atoms with Crippen molar-refractivity contribution in [3.63, 3.8) is 0 Å². The number of hydrogen-bond acceptors (Lipinski definition) is 3. The van der Waals surface area contributed by atoms with Crippen LogP contribution in [0, 0.1) is 0 Å². The van der Waals surface area contributed by atoms with Gasteiger partial charge < -0.3 is 10.2 Å². The van der Waals surface area contributed by atoms with Gasteiger partial charge in [0.05, 0.1) is 0 Å². The third-order valence-corrected chi connectivity index (χ3v) is 1.37. The second-order valence-corrected chi connectivity index (χ2v) is 2.05. The Morgan fingerprint density at radius 2 is 2.00 bits per heavy atom. The summed E-state index contributed by atoms with van der Waals surface area (Å²) in [5.74, 6) is -2.11. The number of Topliss-reactive ketones (excluding diaryl/α,β-unsaturated/α-hetero) is 1. The Kier molecular flexibility index (Phi) is 1.45. The minimum atomic E-state index is -1.33. The fourth-order valence-corrected chi connectivity index (χ4v) is 0.886. The van der Waals surface area contributed by atoms with Crippen LogP contribution in [-0.2, 0) is 9.59 Å². The zero-order valence-electron chi connectivity index (χ0n) is 5.13. The Bertz CT molecular complexity index is 226. The first-order valence-electron chi connectivity index (χ1n) is 2.81. The molecule has 0 radical (unpaired) electrons. The molecular weight excluding hydrogens is 136 g/mol. The van der Waals surface area contributed by atoms with E-state index in [0.717, 1.165) is 0 Å². The molecule has 0 aromatic rings. The van der Waals surface area contributed by atoms with Gasteiger partial charge in [-0.05, 0) is 0 Å². The number of carbonyl (C=O) groups excluding carboxylic acids is 1. The number of carboxylic acids is 1. The molecule has 0 atom stereocenters. The summed E-state index contributed by atoms with van der Waals surface area (Å²) in [5.41, 5.74) is -0.444. The fourth-order valence-electron chi connectivity index (χ4n) is 0.886. The van der Waals surface area contributed by atoms with E-state index < -0.39 is 17.3 Å². The quantitative estimate of drug-likeness (QED) is 0.514. The Balaban J connectivity index is 2.99. The molecule has 0 amide bonds. The molecule has 0 unspecified atom stereocenters. The van der Waals surface area contributed by atoms with E-state index in [2.05, 4.69) is 0 Å². The third kappa shape index (κ3) is 0.877. The molecule has 1 aliphatic carbocycles. The number of aliphatic hydroxyl groups is 1. The topological polar surface area (TPSA) is 74.6 Å². The molecule has 54 valence electrons. The summed E-state index contributed by atoms with van der Waals surface area (Å²) in [7, 11) is 0. The van der Waals surface area contributed by atoms with Crippen molar-refractivity contribution in [1.82, 2.24) is 0 Å². The van der Waals surface area contributed by atoms with Gasteiger partial charge >= 0.3 is 5.97 Å². The van der Waals surface area contributed by atoms with Gasteiger partial charge in [-0.1, -0.05) is 0 Å². The summed E-state index contributed by atoms with van der Waals surface area (Å²) >= 11 is 0. The molecule has 0 aromatic carbocycles. The second-order valence-electron chi connectivity index (χ2n) is 2.05. The maximum absolute atomic E-state index is 10.6. The van der Waals surface area contributed by atoms with E-state index in [0.29, 0.717) is 0 Å². The summed E-state index contributed by atoms with van der Waals surface area (Å²) in [6.07, 6.45) is 0.286. The van der Waals surface area contributed by atoms with Gasteiger partial charge in [0.15, 0.2) is 5.78 Å². The number of aliphatic carboxylic acids is 1. The molecular formula is C6H6O4. The van der Waals surface area contributed by atoms with Crippen molar-refractivity contribution >= 4 is 11.8 Å². The molecule has 10 heavy (non-hydrogen) atoms. The predicted molar refractivity (Wildman–Crippen MR) is 31.5 cm³/mol. The maximum atomic E-state index is 10.6. The minimum absolute atomic E-state index is 0.119. The van der Waals surface area contributed by atoms with Gasteiger partial charge in [-0.25, -0.2) is 4.79 Å². The zero-order valence-corrected chi connectivity index (χ0v) is 5.13. The molecule has 2 N–H and O–H groups in total. The van der Waals surface area contributed by atoms with Gasteiger partial charge in [0.2, 0.25) is 0 Å². The molecule has 0 aromatic heterocycles. The fraction of sp³-hybridized carbons (Fsp3) is 0.333. The molecule has 4 heteroatoms. The van der Waals surface area contributed by atoms with E-state index in [4.69, 9.17) is 10.2 Å². The lowest BCUT2D eigenvalue weighted by Gasteiger charge is -1.90. The monoisotopic (exact) mass is 142 g/mol. The SMILES string of the molecule is O=C(O)C1=C(O)CCC1=O. The van der Waals surface area contributed by atoms with Crippen LogP contribution in [0.2, 0.25) is 0 Å². The molecule has 4 nitrogen and oxygen atoms in total. The molecule has 0 saturated heterocycles. The lowest BCUT2D eigenvalue weighted by molar-refractivity contribution is -0.134. The lowest BCUT2D eigenvalue weighted by atomic mass is 10.2. The second kappa shape index (κ2) is 2.13. The van der Waals surface area contributed by atoms with Crippen molar-refractivity contribution in [2.24, 2.45) is 0 Å². The first-order valence-corrected chi connectivity index (χ1v) is 2.81. The lowest BCUT2D eigenvalue weighted by Crippen LogP contribution is -2.08. The molecule has 0 aliphatic heterocycles. The van der Waals surface area contributed by atoms with Crippen LogP contribution in [0.3, 0.4) is 0 Å². The zero-order chi connectivity index (χ0) is 7.72. The van der Waals surface area contributed by atoms with Gasteiger partial charge in [-0.15, -0.1) is 0 Å². The van der Waals surface area contributed by atoms with Crippen LogP contribution in [0.25, 0.3) is 0 Å². The molecule has 0 bridgehead atoms. The number of hydrogen-bond donors (Lipinski definition) is 2. The predicted octanol–water partition coefficient (Wildman–Crippen LogP) is 0.246. The Labute approximate surface area is 56.8 Å². The van der Waals surface area contributed by atoms with Gasteiger partial charge in [0, 0.05) is 12.8 Å². The van der Waals surface area contributed by atoms with Crippen LogP contribution in [0.4, 0.5) is 0 Å². The van der Waals surface area contributed by atoms with Gasteiger partial charge in [0.25, 0.3) is 0 Å².